The third-order valence-electron chi connectivity index (χ3n) is 3.97. The third-order valence-corrected chi connectivity index (χ3v) is 3.97. The Balaban J connectivity index is 2.30. The normalized spacial score (nSPS) is 11.5. The van der Waals surface area contributed by atoms with Crippen molar-refractivity contribution in [1.82, 2.24) is 5.32 Å². The van der Waals surface area contributed by atoms with E-state index >= 15 is 0 Å². The summed E-state index contributed by atoms with van der Waals surface area (Å²) < 4.78 is 5.07. The minimum atomic E-state index is -0.744. The van der Waals surface area contributed by atoms with E-state index in [0.717, 1.165) is 17.7 Å². The first kappa shape index (κ1) is 18.8. The summed E-state index contributed by atoms with van der Waals surface area (Å²) in [4.78, 5) is 33.2. The van der Waals surface area contributed by atoms with E-state index in [9.17, 15) is 25.0 Å². The van der Waals surface area contributed by atoms with Crippen LogP contribution >= 0.6 is 0 Å². The zero-order valence-corrected chi connectivity index (χ0v) is 14.4. The van der Waals surface area contributed by atoms with Gasteiger partial charge in [-0.05, 0) is 31.5 Å². The molecule has 0 saturated carbocycles. The number of amides is 1. The predicted octanol–water partition coefficient (Wildman–Crippen LogP) is 3.31. The van der Waals surface area contributed by atoms with E-state index in [1.807, 2.05) is 0 Å². The predicted molar refractivity (Wildman–Crippen MR) is 93.4 cm³/mol. The fourth-order valence-corrected chi connectivity index (χ4v) is 2.45. The van der Waals surface area contributed by atoms with Gasteiger partial charge >= 0.3 is 0 Å². The summed E-state index contributed by atoms with van der Waals surface area (Å²) >= 11 is 0. The number of nitrogens with one attached hydrogen (secondary N) is 1. The van der Waals surface area contributed by atoms with Crippen LogP contribution in [-0.2, 0) is 0 Å². The number of carbonyl (C=O) groups is 1. The topological polar surface area (TPSA) is 125 Å². The lowest BCUT2D eigenvalue weighted by Gasteiger charge is -2.15. The summed E-state index contributed by atoms with van der Waals surface area (Å²) in [5, 5.41) is 24.9. The van der Waals surface area contributed by atoms with Crippen molar-refractivity contribution in [3.8, 4) is 5.75 Å². The number of methoxy groups -OCH3 is 1. The lowest BCUT2D eigenvalue weighted by Crippen LogP contribution is -2.26. The molecule has 0 bridgehead atoms. The minimum absolute atomic E-state index is 0.0975. The van der Waals surface area contributed by atoms with Crippen LogP contribution in [0.25, 0.3) is 0 Å². The zero-order chi connectivity index (χ0) is 19.4. The molecule has 0 fully saturated rings. The summed E-state index contributed by atoms with van der Waals surface area (Å²) in [6.07, 6.45) is 0. The van der Waals surface area contributed by atoms with Gasteiger partial charge in [0.2, 0.25) is 0 Å². The second-order valence-corrected chi connectivity index (χ2v) is 5.62. The molecule has 2 aromatic rings. The van der Waals surface area contributed by atoms with Crippen LogP contribution in [0, 0.1) is 27.2 Å². The van der Waals surface area contributed by atoms with Gasteiger partial charge < -0.3 is 10.1 Å². The monoisotopic (exact) mass is 359 g/mol. The zero-order valence-electron chi connectivity index (χ0n) is 14.4. The molecule has 2 rings (SSSR count). The molecule has 0 aromatic heterocycles. The van der Waals surface area contributed by atoms with Crippen LogP contribution in [0.1, 0.15) is 34.5 Å². The molecule has 1 atom stereocenters. The Morgan fingerprint density at radius 2 is 1.58 bits per heavy atom. The molecule has 0 aliphatic heterocycles. The highest BCUT2D eigenvalue weighted by Gasteiger charge is 2.25. The van der Waals surface area contributed by atoms with Gasteiger partial charge in [-0.2, -0.15) is 0 Å². The molecule has 9 heteroatoms. The van der Waals surface area contributed by atoms with E-state index < -0.39 is 33.2 Å². The Kier molecular flexibility index (Phi) is 5.51. The van der Waals surface area contributed by atoms with Gasteiger partial charge in [-0.15, -0.1) is 0 Å². The Hall–Kier alpha value is -3.49. The number of ether oxygens (including phenoxy) is 1. The minimum Gasteiger partial charge on any atom is -0.497 e. The molecule has 0 saturated heterocycles. The lowest BCUT2D eigenvalue weighted by atomic mass is 10.1. The smallest absolute Gasteiger partial charge is 0.279 e. The van der Waals surface area contributed by atoms with Crippen molar-refractivity contribution < 1.29 is 19.4 Å². The van der Waals surface area contributed by atoms with Crippen molar-refractivity contribution in [3.05, 3.63) is 73.3 Å². The third kappa shape index (κ3) is 3.94. The van der Waals surface area contributed by atoms with E-state index in [0.29, 0.717) is 5.75 Å². The first-order valence-corrected chi connectivity index (χ1v) is 7.62. The molecule has 136 valence electrons. The van der Waals surface area contributed by atoms with E-state index in [2.05, 4.69) is 5.32 Å². The first-order chi connectivity index (χ1) is 12.2. The van der Waals surface area contributed by atoms with Gasteiger partial charge in [0.15, 0.2) is 0 Å². The van der Waals surface area contributed by atoms with Crippen LogP contribution in [0.2, 0.25) is 0 Å². The summed E-state index contributed by atoms with van der Waals surface area (Å²) in [5.74, 6) is 0.0246. The van der Waals surface area contributed by atoms with Crippen molar-refractivity contribution >= 4 is 17.3 Å². The maximum atomic E-state index is 12.4. The molecule has 0 aliphatic carbocycles. The quantitative estimate of drug-likeness (QED) is 0.623. The van der Waals surface area contributed by atoms with Crippen molar-refractivity contribution in [2.45, 2.75) is 19.9 Å². The molecule has 9 nitrogen and oxygen atoms in total. The fourth-order valence-electron chi connectivity index (χ4n) is 2.45. The van der Waals surface area contributed by atoms with Crippen LogP contribution in [-0.4, -0.2) is 22.9 Å². The van der Waals surface area contributed by atoms with E-state index in [1.54, 1.807) is 31.2 Å². The molecule has 1 amide bonds. The number of hydrogen-bond acceptors (Lipinski definition) is 6. The van der Waals surface area contributed by atoms with Crippen molar-refractivity contribution in [3.63, 3.8) is 0 Å². The van der Waals surface area contributed by atoms with Crippen LogP contribution in [0.3, 0.4) is 0 Å². The highest BCUT2D eigenvalue weighted by Crippen LogP contribution is 2.29. The van der Waals surface area contributed by atoms with Gasteiger partial charge in [-0.25, -0.2) is 0 Å². The second-order valence-electron chi connectivity index (χ2n) is 5.62. The average molecular weight is 359 g/mol. The molecule has 26 heavy (non-hydrogen) atoms. The average Bonchev–Trinajstić information content (AvgIpc) is 2.61. The van der Waals surface area contributed by atoms with Crippen molar-refractivity contribution in [1.29, 1.82) is 0 Å². The van der Waals surface area contributed by atoms with Crippen LogP contribution in [0.4, 0.5) is 11.4 Å². The molecule has 0 unspecified atom stereocenters. The first-order valence-electron chi connectivity index (χ1n) is 7.62. The maximum Gasteiger partial charge on any atom is 0.279 e. The van der Waals surface area contributed by atoms with Gasteiger partial charge in [0.1, 0.15) is 11.3 Å². The Morgan fingerprint density at radius 3 is 2.00 bits per heavy atom. The van der Waals surface area contributed by atoms with Crippen LogP contribution in [0.15, 0.2) is 36.4 Å². The molecular formula is C17H17N3O6. The number of nitro benzene ring substituents is 2. The van der Waals surface area contributed by atoms with E-state index in [4.69, 9.17) is 4.74 Å². The largest absolute Gasteiger partial charge is 0.497 e. The molecule has 0 spiro atoms. The van der Waals surface area contributed by atoms with Crippen molar-refractivity contribution in [2.24, 2.45) is 0 Å². The van der Waals surface area contributed by atoms with Gasteiger partial charge in [0.25, 0.3) is 17.3 Å². The van der Waals surface area contributed by atoms with Crippen LogP contribution in [0.5, 0.6) is 5.75 Å². The lowest BCUT2D eigenvalue weighted by molar-refractivity contribution is -0.395. The number of benzene rings is 2. The molecule has 0 heterocycles. The number of carbonyl (C=O) groups excluding carboxylic acids is 1. The number of nitro groups is 2. The van der Waals surface area contributed by atoms with Gasteiger partial charge in [-0.1, -0.05) is 12.1 Å². The number of nitrogens with zero attached hydrogens (tertiary/aromatic N) is 2. The van der Waals surface area contributed by atoms with E-state index in [1.165, 1.54) is 14.0 Å². The Bertz CT molecular complexity index is 828. The summed E-state index contributed by atoms with van der Waals surface area (Å²) in [6, 6.07) is 8.68. The molecule has 2 aromatic carbocycles. The van der Waals surface area contributed by atoms with Gasteiger partial charge in [0, 0.05) is 12.1 Å². The van der Waals surface area contributed by atoms with Crippen molar-refractivity contribution in [2.75, 3.05) is 7.11 Å². The Labute approximate surface area is 148 Å². The standard InChI is InChI=1S/C17H17N3O6/c1-10-15(19(22)23)8-13(9-16(10)20(24)25)17(21)18-11(2)12-4-6-14(26-3)7-5-12/h4-9,11H,1-3H3,(H,18,21)/t11-/m0/s1. The molecule has 0 radical (unpaired) electrons. The van der Waals surface area contributed by atoms with E-state index in [-0.39, 0.29) is 11.1 Å². The molecular weight excluding hydrogens is 342 g/mol. The van der Waals surface area contributed by atoms with Gasteiger partial charge in [-0.3, -0.25) is 25.0 Å². The summed E-state index contributed by atoms with van der Waals surface area (Å²) in [6.45, 7) is 3.01. The maximum absolute atomic E-state index is 12.4. The van der Waals surface area contributed by atoms with Gasteiger partial charge in [0.05, 0.1) is 28.6 Å². The number of rotatable bonds is 6. The summed E-state index contributed by atoms with van der Waals surface area (Å²) in [5.41, 5.74) is -0.396. The Morgan fingerprint density at radius 1 is 1.08 bits per heavy atom. The molecule has 0 aliphatic rings. The fraction of sp³-hybridized carbons (Fsp3) is 0.235. The highest BCUT2D eigenvalue weighted by atomic mass is 16.6. The molecule has 1 N–H and O–H groups in total. The second kappa shape index (κ2) is 7.60. The SMILES string of the molecule is COc1ccc([C@H](C)NC(=O)c2cc([N+](=O)[O-])c(C)c([N+](=O)[O-])c2)cc1. The number of hydrogen-bond donors (Lipinski definition) is 1. The van der Waals surface area contributed by atoms with Crippen LogP contribution < -0.4 is 10.1 Å². The highest BCUT2D eigenvalue weighted by molar-refractivity contribution is 5.96. The summed E-state index contributed by atoms with van der Waals surface area (Å²) in [7, 11) is 1.54.